The van der Waals surface area contributed by atoms with E-state index in [1.54, 1.807) is 12.0 Å². The maximum Gasteiger partial charge on any atom is 0.253 e. The molecule has 0 aromatic heterocycles. The van der Waals surface area contributed by atoms with E-state index in [1.165, 1.54) is 0 Å². The number of hydrogen-bond donors (Lipinski definition) is 1. The molecule has 0 heterocycles. The molecule has 0 saturated carbocycles. The molecule has 0 aliphatic rings. The third-order valence-corrected chi connectivity index (χ3v) is 3.22. The fraction of sp³-hybridized carbons (Fsp3) is 0.562. The van der Waals surface area contributed by atoms with Crippen LogP contribution in [0.5, 0.6) is 0 Å². The molecule has 1 aromatic rings. The lowest BCUT2D eigenvalue weighted by atomic mass is 10.1. The molecule has 0 unspecified atom stereocenters. The van der Waals surface area contributed by atoms with Crippen LogP contribution in [-0.4, -0.2) is 44.7 Å². The van der Waals surface area contributed by atoms with Gasteiger partial charge in [-0.25, -0.2) is 0 Å². The summed E-state index contributed by atoms with van der Waals surface area (Å²) in [7, 11) is 3.51. The summed E-state index contributed by atoms with van der Waals surface area (Å²) in [5.74, 6) is 0.0700. The zero-order chi connectivity index (χ0) is 15.0. The van der Waals surface area contributed by atoms with Crippen LogP contribution in [0.25, 0.3) is 0 Å². The van der Waals surface area contributed by atoms with Crippen molar-refractivity contribution < 1.29 is 9.53 Å². The Bertz CT molecular complexity index is 432. The first-order chi connectivity index (χ1) is 9.60. The number of carbonyl (C=O) groups is 1. The number of anilines is 1. The second-order valence-electron chi connectivity index (χ2n) is 5.03. The number of hydrogen-bond acceptors (Lipinski definition) is 3. The molecule has 0 bridgehead atoms. The fourth-order valence-electron chi connectivity index (χ4n) is 2.04. The van der Waals surface area contributed by atoms with Crippen LogP contribution in [-0.2, 0) is 4.74 Å². The lowest BCUT2D eigenvalue weighted by Crippen LogP contribution is -2.29. The zero-order valence-electron chi connectivity index (χ0n) is 13.0. The minimum absolute atomic E-state index is 0.0700. The highest BCUT2D eigenvalue weighted by atomic mass is 16.5. The Morgan fingerprint density at radius 2 is 2.15 bits per heavy atom. The first-order valence-electron chi connectivity index (χ1n) is 7.19. The molecule has 0 radical (unpaired) electrons. The van der Waals surface area contributed by atoms with Crippen LogP contribution >= 0.6 is 0 Å². The number of methoxy groups -OCH3 is 1. The van der Waals surface area contributed by atoms with E-state index in [2.05, 4.69) is 12.2 Å². The number of amides is 1. The Balaban J connectivity index is 2.68. The van der Waals surface area contributed by atoms with Gasteiger partial charge in [0.1, 0.15) is 0 Å². The molecule has 1 aromatic carbocycles. The van der Waals surface area contributed by atoms with Gasteiger partial charge in [0.05, 0.1) is 0 Å². The molecule has 0 spiro atoms. The lowest BCUT2D eigenvalue weighted by Gasteiger charge is -2.18. The van der Waals surface area contributed by atoms with Crippen molar-refractivity contribution in [3.8, 4) is 0 Å². The zero-order valence-corrected chi connectivity index (χ0v) is 13.0. The van der Waals surface area contributed by atoms with E-state index in [4.69, 9.17) is 4.74 Å². The minimum atomic E-state index is 0.0700. The highest BCUT2D eigenvalue weighted by Crippen LogP contribution is 2.16. The predicted octanol–water partition coefficient (Wildman–Crippen LogP) is 2.93. The van der Waals surface area contributed by atoms with Crippen molar-refractivity contribution in [3.63, 3.8) is 0 Å². The number of aryl methyl sites for hydroxylation is 1. The molecule has 0 fully saturated rings. The molecule has 20 heavy (non-hydrogen) atoms. The molecule has 1 rings (SSSR count). The van der Waals surface area contributed by atoms with Crippen molar-refractivity contribution in [1.82, 2.24) is 4.90 Å². The van der Waals surface area contributed by atoms with Crippen LogP contribution in [0.3, 0.4) is 0 Å². The van der Waals surface area contributed by atoms with Gasteiger partial charge in [-0.2, -0.15) is 0 Å². The molecular weight excluding hydrogens is 252 g/mol. The lowest BCUT2D eigenvalue weighted by molar-refractivity contribution is 0.0778. The van der Waals surface area contributed by atoms with Crippen molar-refractivity contribution in [3.05, 3.63) is 29.3 Å². The van der Waals surface area contributed by atoms with E-state index in [9.17, 15) is 4.79 Å². The fourth-order valence-corrected chi connectivity index (χ4v) is 2.04. The maximum absolute atomic E-state index is 12.3. The van der Waals surface area contributed by atoms with Gasteiger partial charge in [0.2, 0.25) is 0 Å². The summed E-state index contributed by atoms with van der Waals surface area (Å²) >= 11 is 0. The van der Waals surface area contributed by atoms with E-state index in [1.807, 2.05) is 32.2 Å². The van der Waals surface area contributed by atoms with Crippen molar-refractivity contribution >= 4 is 11.6 Å². The number of benzene rings is 1. The van der Waals surface area contributed by atoms with E-state index >= 15 is 0 Å². The van der Waals surface area contributed by atoms with Crippen LogP contribution < -0.4 is 5.32 Å². The quantitative estimate of drug-likeness (QED) is 0.743. The summed E-state index contributed by atoms with van der Waals surface area (Å²) in [4.78, 5) is 14.1. The SMILES string of the molecule is CCCNc1ccc(C(=O)N(C)CCCOC)c(C)c1. The summed E-state index contributed by atoms with van der Waals surface area (Å²) in [5, 5.41) is 3.33. The molecule has 1 N–H and O–H groups in total. The first-order valence-corrected chi connectivity index (χ1v) is 7.19. The van der Waals surface area contributed by atoms with Crippen LogP contribution in [0.1, 0.15) is 35.7 Å². The molecule has 4 nitrogen and oxygen atoms in total. The second kappa shape index (κ2) is 8.59. The first kappa shape index (κ1) is 16.5. The van der Waals surface area contributed by atoms with Crippen molar-refractivity contribution in [2.75, 3.05) is 39.2 Å². The average Bonchev–Trinajstić information content (AvgIpc) is 2.44. The van der Waals surface area contributed by atoms with Gasteiger partial charge >= 0.3 is 0 Å². The molecule has 112 valence electrons. The molecule has 0 aliphatic carbocycles. The Kier molecular flexibility index (Phi) is 7.09. The molecule has 1 amide bonds. The summed E-state index contributed by atoms with van der Waals surface area (Å²) in [5.41, 5.74) is 2.85. The molecular formula is C16H26N2O2. The van der Waals surface area contributed by atoms with Crippen molar-refractivity contribution in [1.29, 1.82) is 0 Å². The monoisotopic (exact) mass is 278 g/mol. The predicted molar refractivity (Wildman–Crippen MR) is 83.4 cm³/mol. The van der Waals surface area contributed by atoms with E-state index < -0.39 is 0 Å². The van der Waals surface area contributed by atoms with Crippen molar-refractivity contribution in [2.24, 2.45) is 0 Å². The number of ether oxygens (including phenoxy) is 1. The van der Waals surface area contributed by atoms with Crippen LogP contribution in [0.2, 0.25) is 0 Å². The molecule has 0 saturated heterocycles. The van der Waals surface area contributed by atoms with Gasteiger partial charge in [-0.1, -0.05) is 6.92 Å². The van der Waals surface area contributed by atoms with Crippen molar-refractivity contribution in [2.45, 2.75) is 26.7 Å². The normalized spacial score (nSPS) is 10.4. The Hall–Kier alpha value is -1.55. The highest BCUT2D eigenvalue weighted by Gasteiger charge is 2.13. The van der Waals surface area contributed by atoms with Gasteiger partial charge in [0.25, 0.3) is 5.91 Å². The summed E-state index contributed by atoms with van der Waals surface area (Å²) in [6.07, 6.45) is 1.94. The van der Waals surface area contributed by atoms with Gasteiger partial charge in [-0.3, -0.25) is 4.79 Å². The Labute approximate surface area is 122 Å². The van der Waals surface area contributed by atoms with E-state index in [-0.39, 0.29) is 5.91 Å². The van der Waals surface area contributed by atoms with E-state index in [0.717, 1.165) is 36.2 Å². The molecule has 0 atom stereocenters. The number of carbonyl (C=O) groups excluding carboxylic acids is 1. The standard InChI is InChI=1S/C16H26N2O2/c1-5-9-17-14-7-8-15(13(2)12-14)16(19)18(3)10-6-11-20-4/h7-8,12,17H,5-6,9-11H2,1-4H3. The summed E-state index contributed by atoms with van der Waals surface area (Å²) < 4.78 is 5.01. The van der Waals surface area contributed by atoms with Crippen LogP contribution in [0, 0.1) is 6.92 Å². The number of rotatable bonds is 8. The number of nitrogens with zero attached hydrogens (tertiary/aromatic N) is 1. The van der Waals surface area contributed by atoms with Gasteiger partial charge in [-0.05, 0) is 43.5 Å². The minimum Gasteiger partial charge on any atom is -0.385 e. The topological polar surface area (TPSA) is 41.6 Å². The third-order valence-electron chi connectivity index (χ3n) is 3.22. The smallest absolute Gasteiger partial charge is 0.253 e. The van der Waals surface area contributed by atoms with Crippen LogP contribution in [0.15, 0.2) is 18.2 Å². The summed E-state index contributed by atoms with van der Waals surface area (Å²) in [6, 6.07) is 5.91. The van der Waals surface area contributed by atoms with Gasteiger partial charge < -0.3 is 15.0 Å². The van der Waals surface area contributed by atoms with Gasteiger partial charge in [-0.15, -0.1) is 0 Å². The molecule has 0 aliphatic heterocycles. The number of nitrogens with one attached hydrogen (secondary N) is 1. The second-order valence-corrected chi connectivity index (χ2v) is 5.03. The third kappa shape index (κ3) is 4.85. The maximum atomic E-state index is 12.3. The van der Waals surface area contributed by atoms with Gasteiger partial charge in [0, 0.05) is 45.1 Å². The highest BCUT2D eigenvalue weighted by molar-refractivity contribution is 5.95. The average molecular weight is 278 g/mol. The Morgan fingerprint density at radius 1 is 1.40 bits per heavy atom. The van der Waals surface area contributed by atoms with E-state index in [0.29, 0.717) is 13.2 Å². The van der Waals surface area contributed by atoms with Crippen LogP contribution in [0.4, 0.5) is 5.69 Å². The van der Waals surface area contributed by atoms with Gasteiger partial charge in [0.15, 0.2) is 0 Å². The largest absolute Gasteiger partial charge is 0.385 e. The Morgan fingerprint density at radius 3 is 2.75 bits per heavy atom. The molecule has 4 heteroatoms. The summed E-state index contributed by atoms with van der Waals surface area (Å²) in [6.45, 7) is 6.45.